The van der Waals surface area contributed by atoms with E-state index in [2.05, 4.69) is 64.6 Å². The molecular weight excluding hydrogens is 374 g/mol. The summed E-state index contributed by atoms with van der Waals surface area (Å²) in [6.07, 6.45) is 27.8. The summed E-state index contributed by atoms with van der Waals surface area (Å²) in [6, 6.07) is 2.28. The van der Waals surface area contributed by atoms with Crippen LogP contribution >= 0.6 is 0 Å². The number of hydrogen-bond donors (Lipinski definition) is 0. The first-order chi connectivity index (χ1) is 14.9. The lowest BCUT2D eigenvalue weighted by Gasteiger charge is -2.28. The molecular formula is C30H41N. The molecule has 166 valence electrons. The monoisotopic (exact) mass is 415 g/mol. The SMILES string of the molecule is C=C(C)CC(C)(CC)CCCC1=C/C(C2CC2)=C/C=C/C(C#N)=C\C=C/C(CCC)=C1. The molecule has 0 heterocycles. The van der Waals surface area contributed by atoms with Crippen LogP contribution in [0.25, 0.3) is 0 Å². The van der Waals surface area contributed by atoms with Crippen molar-refractivity contribution in [1.82, 2.24) is 0 Å². The molecule has 1 heteroatoms. The van der Waals surface area contributed by atoms with Crippen molar-refractivity contribution < 1.29 is 0 Å². The lowest BCUT2D eigenvalue weighted by Crippen LogP contribution is -2.15. The molecule has 0 aromatic carbocycles. The van der Waals surface area contributed by atoms with Crippen LogP contribution in [0.3, 0.4) is 0 Å². The number of allylic oxidation sites excluding steroid dienone is 13. The zero-order valence-corrected chi connectivity index (χ0v) is 20.2. The minimum atomic E-state index is 0.351. The highest BCUT2D eigenvalue weighted by Crippen LogP contribution is 2.39. The summed E-state index contributed by atoms with van der Waals surface area (Å²) in [5.74, 6) is 0.681. The predicted molar refractivity (Wildman–Crippen MR) is 136 cm³/mol. The van der Waals surface area contributed by atoms with Crippen molar-refractivity contribution in [3.8, 4) is 6.07 Å². The van der Waals surface area contributed by atoms with Gasteiger partial charge in [0.25, 0.3) is 0 Å². The van der Waals surface area contributed by atoms with E-state index in [-0.39, 0.29) is 0 Å². The number of hydrogen-bond acceptors (Lipinski definition) is 1. The molecule has 1 fully saturated rings. The molecule has 1 nitrogen and oxygen atoms in total. The quantitative estimate of drug-likeness (QED) is 0.326. The Hall–Kier alpha value is -2.33. The van der Waals surface area contributed by atoms with Crippen LogP contribution in [0.4, 0.5) is 0 Å². The lowest BCUT2D eigenvalue weighted by atomic mass is 9.77. The van der Waals surface area contributed by atoms with Gasteiger partial charge in [0.15, 0.2) is 0 Å². The van der Waals surface area contributed by atoms with Crippen LogP contribution < -0.4 is 0 Å². The third-order valence-corrected chi connectivity index (χ3v) is 6.42. The lowest BCUT2D eigenvalue weighted by molar-refractivity contribution is 0.274. The molecule has 0 spiro atoms. The van der Waals surface area contributed by atoms with Gasteiger partial charge >= 0.3 is 0 Å². The van der Waals surface area contributed by atoms with Crippen LogP contribution in [0.2, 0.25) is 0 Å². The summed E-state index contributed by atoms with van der Waals surface area (Å²) >= 11 is 0. The predicted octanol–water partition coefficient (Wildman–Crippen LogP) is 9.10. The molecule has 2 aliphatic rings. The Labute approximate surface area is 191 Å². The molecule has 1 atom stereocenters. The van der Waals surface area contributed by atoms with Crippen LogP contribution in [0.15, 0.2) is 83.1 Å². The van der Waals surface area contributed by atoms with Crippen molar-refractivity contribution >= 4 is 0 Å². The maximum absolute atomic E-state index is 9.38. The van der Waals surface area contributed by atoms with E-state index < -0.39 is 0 Å². The fourth-order valence-electron chi connectivity index (χ4n) is 4.36. The molecule has 0 aromatic heterocycles. The molecule has 1 unspecified atom stereocenters. The highest BCUT2D eigenvalue weighted by Gasteiger charge is 2.25. The first kappa shape index (κ1) is 24.9. The van der Waals surface area contributed by atoms with Gasteiger partial charge in [0.2, 0.25) is 0 Å². The number of nitriles is 1. The number of nitrogens with zero attached hydrogens (tertiary/aromatic N) is 1. The minimum Gasteiger partial charge on any atom is -0.192 e. The first-order valence-electron chi connectivity index (χ1n) is 12.1. The normalized spacial score (nSPS) is 24.5. The average Bonchev–Trinajstić information content (AvgIpc) is 3.55. The van der Waals surface area contributed by atoms with Gasteiger partial charge in [-0.05, 0) is 92.1 Å². The van der Waals surface area contributed by atoms with Gasteiger partial charge in [0.05, 0.1) is 11.6 Å². The van der Waals surface area contributed by atoms with Crippen molar-refractivity contribution in [3.63, 3.8) is 0 Å². The van der Waals surface area contributed by atoms with Gasteiger partial charge in [-0.3, -0.25) is 0 Å². The van der Waals surface area contributed by atoms with Crippen molar-refractivity contribution in [2.45, 2.75) is 85.5 Å². The van der Waals surface area contributed by atoms with Gasteiger partial charge in [-0.25, -0.2) is 0 Å². The van der Waals surface area contributed by atoms with Crippen LogP contribution in [0, 0.1) is 22.7 Å². The fourth-order valence-corrected chi connectivity index (χ4v) is 4.36. The fraction of sp³-hybridized carbons (Fsp3) is 0.500. The van der Waals surface area contributed by atoms with Crippen molar-refractivity contribution in [3.05, 3.63) is 83.1 Å². The Kier molecular flexibility index (Phi) is 10.1. The Morgan fingerprint density at radius 1 is 1.10 bits per heavy atom. The summed E-state index contributed by atoms with van der Waals surface area (Å²) in [4.78, 5) is 0. The molecule has 0 aliphatic heterocycles. The van der Waals surface area contributed by atoms with Gasteiger partial charge in [0.1, 0.15) is 0 Å². The van der Waals surface area contributed by atoms with E-state index in [0.29, 0.717) is 16.9 Å². The summed E-state index contributed by atoms with van der Waals surface area (Å²) in [7, 11) is 0. The first-order valence-corrected chi connectivity index (χ1v) is 12.1. The van der Waals surface area contributed by atoms with E-state index in [4.69, 9.17) is 0 Å². The molecule has 2 rings (SSSR count). The summed E-state index contributed by atoms with van der Waals surface area (Å²) in [6.45, 7) is 13.3. The summed E-state index contributed by atoms with van der Waals surface area (Å²) in [5.41, 5.74) is 6.55. The van der Waals surface area contributed by atoms with E-state index in [1.54, 1.807) is 0 Å². The number of rotatable bonds is 10. The standard InChI is InChI=1S/C30H41N/c1-6-11-25-12-8-13-26(23-31)14-9-16-29(28-17-18-28)21-27(20-25)15-10-19-30(5,7-2)22-24(3)4/h8-9,12-14,16,20-21,28H,3,6-7,10-11,15,17-19,22H2,1-2,4-5H3/b12-8-,13-8?,14-9+,16-9?,25-12?,25-20?,26-13+,26-14?,27-20?,27-21?,29-16-,29-21?. The second kappa shape index (κ2) is 12.5. The Morgan fingerprint density at radius 2 is 1.84 bits per heavy atom. The minimum absolute atomic E-state index is 0.351. The molecule has 0 aromatic rings. The van der Waals surface area contributed by atoms with Gasteiger partial charge < -0.3 is 0 Å². The van der Waals surface area contributed by atoms with Crippen LogP contribution in [0.5, 0.6) is 0 Å². The van der Waals surface area contributed by atoms with Crippen molar-refractivity contribution in [2.24, 2.45) is 11.3 Å². The molecule has 0 bridgehead atoms. The smallest absolute Gasteiger partial charge is 0.0991 e. The molecule has 1 saturated carbocycles. The Balaban J connectivity index is 2.29. The maximum atomic E-state index is 9.38. The summed E-state index contributed by atoms with van der Waals surface area (Å²) < 4.78 is 0. The van der Waals surface area contributed by atoms with Gasteiger partial charge in [-0.15, -0.1) is 6.58 Å². The molecule has 0 saturated heterocycles. The van der Waals surface area contributed by atoms with Crippen LogP contribution in [-0.2, 0) is 0 Å². The van der Waals surface area contributed by atoms with Crippen molar-refractivity contribution in [2.75, 3.05) is 0 Å². The zero-order chi connectivity index (χ0) is 22.7. The second-order valence-corrected chi connectivity index (χ2v) is 9.73. The molecule has 0 amide bonds. The second-order valence-electron chi connectivity index (χ2n) is 9.73. The Morgan fingerprint density at radius 3 is 2.45 bits per heavy atom. The van der Waals surface area contributed by atoms with Crippen LogP contribution in [0.1, 0.15) is 85.5 Å². The van der Waals surface area contributed by atoms with Gasteiger partial charge in [-0.1, -0.05) is 75.6 Å². The van der Waals surface area contributed by atoms with E-state index in [9.17, 15) is 5.26 Å². The Bertz CT molecular complexity index is 845. The highest BCUT2D eigenvalue weighted by atomic mass is 14.3. The van der Waals surface area contributed by atoms with Crippen LogP contribution in [-0.4, -0.2) is 0 Å². The van der Waals surface area contributed by atoms with E-state index in [0.717, 1.165) is 25.7 Å². The summed E-state index contributed by atoms with van der Waals surface area (Å²) in [5, 5.41) is 9.38. The van der Waals surface area contributed by atoms with Gasteiger partial charge in [-0.2, -0.15) is 5.26 Å². The largest absolute Gasteiger partial charge is 0.192 e. The highest BCUT2D eigenvalue weighted by molar-refractivity contribution is 5.44. The average molecular weight is 416 g/mol. The molecule has 2 aliphatic carbocycles. The third kappa shape index (κ3) is 9.14. The molecule has 0 radical (unpaired) electrons. The van der Waals surface area contributed by atoms with Crippen molar-refractivity contribution in [1.29, 1.82) is 5.26 Å². The maximum Gasteiger partial charge on any atom is 0.0991 e. The molecule has 31 heavy (non-hydrogen) atoms. The molecule has 0 N–H and O–H groups in total. The topological polar surface area (TPSA) is 23.8 Å². The van der Waals surface area contributed by atoms with E-state index >= 15 is 0 Å². The van der Waals surface area contributed by atoms with E-state index in [1.165, 1.54) is 54.4 Å². The van der Waals surface area contributed by atoms with E-state index in [1.807, 2.05) is 24.3 Å². The third-order valence-electron chi connectivity index (χ3n) is 6.42. The zero-order valence-electron chi connectivity index (χ0n) is 20.2. The van der Waals surface area contributed by atoms with Gasteiger partial charge in [0, 0.05) is 0 Å².